The number of aliphatic carboxylic acids is 1. The predicted octanol–water partition coefficient (Wildman–Crippen LogP) is 5.32. The van der Waals surface area contributed by atoms with E-state index in [9.17, 15) is 9.90 Å². The fourth-order valence-electron chi connectivity index (χ4n) is 3.36. The molecule has 0 aromatic heterocycles. The van der Waals surface area contributed by atoms with Crippen molar-refractivity contribution in [3.8, 4) is 0 Å². The third kappa shape index (κ3) is 7.40. The van der Waals surface area contributed by atoms with E-state index < -0.39 is 12.1 Å². The van der Waals surface area contributed by atoms with Crippen LogP contribution >= 0.6 is 0 Å². The maximum atomic E-state index is 10.8. The van der Waals surface area contributed by atoms with E-state index in [4.69, 9.17) is 5.11 Å². The van der Waals surface area contributed by atoms with E-state index in [1.54, 1.807) is 0 Å². The molecule has 0 fully saturated rings. The van der Waals surface area contributed by atoms with Gasteiger partial charge in [0.05, 0.1) is 12.5 Å². The van der Waals surface area contributed by atoms with E-state index in [1.807, 2.05) is 24.3 Å². The van der Waals surface area contributed by atoms with E-state index in [0.29, 0.717) is 0 Å². The number of rotatable bonds is 12. The van der Waals surface area contributed by atoms with Crippen LogP contribution in [0.1, 0.15) is 67.7 Å². The van der Waals surface area contributed by atoms with Gasteiger partial charge in [-0.15, -0.1) is 0 Å². The van der Waals surface area contributed by atoms with Crippen LogP contribution in [0, 0.1) is 0 Å². The zero-order chi connectivity index (χ0) is 18.6. The van der Waals surface area contributed by atoms with Crippen LogP contribution in [0.5, 0.6) is 0 Å². The Bertz CT molecular complexity index is 652. The first kappa shape index (κ1) is 20.2. The minimum Gasteiger partial charge on any atom is -0.481 e. The Labute approximate surface area is 156 Å². The molecule has 0 bridgehead atoms. The number of aliphatic hydroxyl groups excluding tert-OH is 1. The zero-order valence-electron chi connectivity index (χ0n) is 15.4. The molecule has 0 amide bonds. The highest BCUT2D eigenvalue weighted by atomic mass is 16.4. The van der Waals surface area contributed by atoms with Gasteiger partial charge in [0.1, 0.15) is 0 Å². The van der Waals surface area contributed by atoms with Crippen molar-refractivity contribution in [1.29, 1.82) is 0 Å². The molecule has 0 saturated carbocycles. The second-order valence-corrected chi connectivity index (χ2v) is 6.92. The molecule has 0 aliphatic heterocycles. The average molecular weight is 354 g/mol. The molecule has 2 rings (SSSR count). The molecule has 2 aromatic carbocycles. The van der Waals surface area contributed by atoms with Crippen LogP contribution in [-0.2, 0) is 17.6 Å². The van der Waals surface area contributed by atoms with Crippen molar-refractivity contribution in [3.63, 3.8) is 0 Å². The first-order valence-corrected chi connectivity index (χ1v) is 9.68. The fourth-order valence-corrected chi connectivity index (χ4v) is 3.36. The minimum absolute atomic E-state index is 0.238. The number of aryl methyl sites for hydroxylation is 2. The van der Waals surface area contributed by atoms with Gasteiger partial charge in [0, 0.05) is 0 Å². The lowest BCUT2D eigenvalue weighted by Gasteiger charge is -2.14. The summed E-state index contributed by atoms with van der Waals surface area (Å²) in [6, 6.07) is 18.3. The Morgan fingerprint density at radius 2 is 1.35 bits per heavy atom. The van der Waals surface area contributed by atoms with E-state index in [2.05, 4.69) is 30.3 Å². The molecule has 1 atom stereocenters. The van der Waals surface area contributed by atoms with Crippen molar-refractivity contribution in [3.05, 3.63) is 71.3 Å². The summed E-state index contributed by atoms with van der Waals surface area (Å²) < 4.78 is 0. The number of carboxylic acids is 1. The number of hydrogen-bond donors (Lipinski definition) is 2. The summed E-state index contributed by atoms with van der Waals surface area (Å²) in [6.07, 6.45) is 8.17. The van der Waals surface area contributed by atoms with Crippen LogP contribution in [-0.4, -0.2) is 16.2 Å². The van der Waals surface area contributed by atoms with Crippen LogP contribution in [0.25, 0.3) is 0 Å². The molecule has 140 valence electrons. The summed E-state index contributed by atoms with van der Waals surface area (Å²) in [7, 11) is 0. The lowest BCUT2D eigenvalue weighted by atomic mass is 9.96. The van der Waals surface area contributed by atoms with Gasteiger partial charge in [0.25, 0.3) is 0 Å². The first-order valence-electron chi connectivity index (χ1n) is 9.68. The van der Waals surface area contributed by atoms with Gasteiger partial charge >= 0.3 is 5.97 Å². The summed E-state index contributed by atoms with van der Waals surface area (Å²) in [4.78, 5) is 10.8. The molecule has 0 heterocycles. The van der Waals surface area contributed by atoms with Gasteiger partial charge in [-0.2, -0.15) is 0 Å². The van der Waals surface area contributed by atoms with E-state index in [1.165, 1.54) is 37.7 Å². The monoisotopic (exact) mass is 354 g/mol. The number of hydrogen-bond acceptors (Lipinski definition) is 2. The first-order chi connectivity index (χ1) is 12.7. The standard InChI is InChI=1S/C23H30O3/c24-22(18-23(25)26)21-17-11-10-16-20(21)15-9-4-2-1-3-6-12-19-13-7-5-8-14-19/h5,7-8,10-11,13-14,16-17,22,24H,1-4,6,9,12,15,18H2,(H,25,26). The van der Waals surface area contributed by atoms with Crippen LogP contribution in [0.2, 0.25) is 0 Å². The third-order valence-electron chi connectivity index (χ3n) is 4.79. The van der Waals surface area contributed by atoms with Gasteiger partial charge < -0.3 is 10.2 Å². The molecular formula is C23H30O3. The van der Waals surface area contributed by atoms with Crippen molar-refractivity contribution in [2.24, 2.45) is 0 Å². The average Bonchev–Trinajstić information content (AvgIpc) is 2.64. The SMILES string of the molecule is O=C(O)CC(O)c1ccccc1CCCCCCCCc1ccccc1. The summed E-state index contributed by atoms with van der Waals surface area (Å²) >= 11 is 0. The third-order valence-corrected chi connectivity index (χ3v) is 4.79. The van der Waals surface area contributed by atoms with Crippen molar-refractivity contribution >= 4 is 5.97 Å². The topological polar surface area (TPSA) is 57.5 Å². The Morgan fingerprint density at radius 1 is 0.769 bits per heavy atom. The summed E-state index contributed by atoms with van der Waals surface area (Å²) in [5.41, 5.74) is 3.26. The Hall–Kier alpha value is -2.13. The number of carbonyl (C=O) groups is 1. The number of carboxylic acid groups (broad SMARTS) is 1. The van der Waals surface area contributed by atoms with Crippen LogP contribution in [0.3, 0.4) is 0 Å². The van der Waals surface area contributed by atoms with Gasteiger partial charge in [-0.1, -0.05) is 80.3 Å². The Morgan fingerprint density at radius 3 is 2.04 bits per heavy atom. The van der Waals surface area contributed by atoms with Crippen LogP contribution in [0.15, 0.2) is 54.6 Å². The predicted molar refractivity (Wildman–Crippen MR) is 105 cm³/mol. The van der Waals surface area contributed by atoms with Crippen LogP contribution in [0.4, 0.5) is 0 Å². The lowest BCUT2D eigenvalue weighted by molar-refractivity contribution is -0.139. The van der Waals surface area contributed by atoms with Gasteiger partial charge in [0.2, 0.25) is 0 Å². The number of unbranched alkanes of at least 4 members (excludes halogenated alkanes) is 5. The molecule has 0 aliphatic carbocycles. The molecule has 0 spiro atoms. The second-order valence-electron chi connectivity index (χ2n) is 6.92. The Balaban J connectivity index is 1.62. The Kier molecular flexibility index (Phi) is 8.91. The summed E-state index contributed by atoms with van der Waals surface area (Å²) in [5.74, 6) is -0.970. The maximum absolute atomic E-state index is 10.8. The highest BCUT2D eigenvalue weighted by Crippen LogP contribution is 2.23. The molecular weight excluding hydrogens is 324 g/mol. The lowest BCUT2D eigenvalue weighted by Crippen LogP contribution is -2.08. The van der Waals surface area contributed by atoms with Crippen molar-refractivity contribution < 1.29 is 15.0 Å². The van der Waals surface area contributed by atoms with E-state index in [-0.39, 0.29) is 6.42 Å². The van der Waals surface area contributed by atoms with Gasteiger partial charge in [-0.25, -0.2) is 0 Å². The minimum atomic E-state index is -0.970. The van der Waals surface area contributed by atoms with Crippen molar-refractivity contribution in [1.82, 2.24) is 0 Å². The number of aliphatic hydroxyl groups is 1. The normalized spacial score (nSPS) is 12.0. The maximum Gasteiger partial charge on any atom is 0.306 e. The number of benzene rings is 2. The molecule has 3 heteroatoms. The van der Waals surface area contributed by atoms with Crippen LogP contribution < -0.4 is 0 Å². The van der Waals surface area contributed by atoms with Crippen molar-refractivity contribution in [2.45, 2.75) is 63.9 Å². The van der Waals surface area contributed by atoms with Gasteiger partial charge in [0.15, 0.2) is 0 Å². The molecule has 2 N–H and O–H groups in total. The molecule has 0 saturated heterocycles. The molecule has 1 unspecified atom stereocenters. The molecule has 26 heavy (non-hydrogen) atoms. The summed E-state index contributed by atoms with van der Waals surface area (Å²) in [5, 5.41) is 19.0. The molecule has 0 radical (unpaired) electrons. The van der Waals surface area contributed by atoms with Gasteiger partial charge in [-0.05, 0) is 42.4 Å². The zero-order valence-corrected chi connectivity index (χ0v) is 15.4. The molecule has 3 nitrogen and oxygen atoms in total. The van der Waals surface area contributed by atoms with Gasteiger partial charge in [-0.3, -0.25) is 4.79 Å². The highest BCUT2D eigenvalue weighted by Gasteiger charge is 2.15. The van der Waals surface area contributed by atoms with E-state index >= 15 is 0 Å². The van der Waals surface area contributed by atoms with Crippen molar-refractivity contribution in [2.75, 3.05) is 0 Å². The van der Waals surface area contributed by atoms with E-state index in [0.717, 1.165) is 30.4 Å². The summed E-state index contributed by atoms with van der Waals surface area (Å²) in [6.45, 7) is 0. The molecule has 2 aromatic rings. The quantitative estimate of drug-likeness (QED) is 0.507. The molecule has 0 aliphatic rings. The second kappa shape index (κ2) is 11.5. The smallest absolute Gasteiger partial charge is 0.306 e. The highest BCUT2D eigenvalue weighted by molar-refractivity contribution is 5.67. The fraction of sp³-hybridized carbons (Fsp3) is 0.435. The largest absolute Gasteiger partial charge is 0.481 e.